The van der Waals surface area contributed by atoms with Gasteiger partial charge in [0.25, 0.3) is 5.91 Å². The number of hydrogen-bond donors (Lipinski definition) is 1. The Bertz CT molecular complexity index is 1380. The van der Waals surface area contributed by atoms with Crippen LogP contribution in [-0.2, 0) is 6.61 Å². The Balaban J connectivity index is 1.30. The van der Waals surface area contributed by atoms with Crippen molar-refractivity contribution in [3.63, 3.8) is 0 Å². The first kappa shape index (κ1) is 20.7. The lowest BCUT2D eigenvalue weighted by atomic mass is 10.1. The minimum absolute atomic E-state index is 0.242. The zero-order valence-electron chi connectivity index (χ0n) is 17.8. The summed E-state index contributed by atoms with van der Waals surface area (Å²) >= 11 is 1.49. The number of nitrogens with zero attached hydrogens (tertiary/aromatic N) is 3. The van der Waals surface area contributed by atoms with Gasteiger partial charge in [-0.2, -0.15) is 5.10 Å². The molecule has 7 nitrogen and oxygen atoms in total. The molecule has 8 heteroatoms. The van der Waals surface area contributed by atoms with Gasteiger partial charge in [0, 0.05) is 23.0 Å². The van der Waals surface area contributed by atoms with Crippen molar-refractivity contribution >= 4 is 27.9 Å². The summed E-state index contributed by atoms with van der Waals surface area (Å²) in [6, 6.07) is 22.6. The lowest BCUT2D eigenvalue weighted by molar-refractivity contribution is 0.102. The van der Waals surface area contributed by atoms with Crippen molar-refractivity contribution in [1.82, 2.24) is 14.6 Å². The predicted molar refractivity (Wildman–Crippen MR) is 128 cm³/mol. The maximum atomic E-state index is 12.9. The van der Waals surface area contributed by atoms with Crippen LogP contribution in [0.1, 0.15) is 15.9 Å². The molecule has 1 N–H and O–H groups in total. The first-order valence-electron chi connectivity index (χ1n) is 10.3. The van der Waals surface area contributed by atoms with Crippen molar-refractivity contribution in [2.45, 2.75) is 6.61 Å². The molecule has 0 atom stereocenters. The number of rotatable bonds is 7. The number of fused-ring (bicyclic) bond motifs is 1. The molecule has 2 heterocycles. The molecular formula is C25H20N4O3S. The number of hydrogen-bond acceptors (Lipinski definition) is 6. The second kappa shape index (κ2) is 9.13. The van der Waals surface area contributed by atoms with Crippen LogP contribution in [0.2, 0.25) is 0 Å². The lowest BCUT2D eigenvalue weighted by Gasteiger charge is -2.13. The van der Waals surface area contributed by atoms with Gasteiger partial charge >= 0.3 is 0 Å². The Kier molecular flexibility index (Phi) is 5.73. The first-order valence-corrected chi connectivity index (χ1v) is 11.1. The lowest BCUT2D eigenvalue weighted by Crippen LogP contribution is -2.12. The number of carbonyl (C=O) groups excluding carboxylic acids is 1. The van der Waals surface area contributed by atoms with E-state index >= 15 is 0 Å². The van der Waals surface area contributed by atoms with E-state index in [1.807, 2.05) is 60.8 Å². The highest BCUT2D eigenvalue weighted by atomic mass is 32.1. The molecule has 0 bridgehead atoms. The third-order valence-corrected chi connectivity index (χ3v) is 5.99. The fourth-order valence-electron chi connectivity index (χ4n) is 3.35. The largest absolute Gasteiger partial charge is 0.493 e. The zero-order valence-corrected chi connectivity index (χ0v) is 18.6. The van der Waals surface area contributed by atoms with Gasteiger partial charge in [0.1, 0.15) is 11.6 Å². The molecule has 0 spiro atoms. The summed E-state index contributed by atoms with van der Waals surface area (Å²) in [5.41, 5.74) is 3.10. The molecule has 3 aromatic carbocycles. The molecule has 0 aliphatic rings. The Morgan fingerprint density at radius 2 is 1.91 bits per heavy atom. The minimum Gasteiger partial charge on any atom is -0.493 e. The molecule has 0 saturated carbocycles. The second-order valence-electron chi connectivity index (χ2n) is 7.24. The highest BCUT2D eigenvalue weighted by Gasteiger charge is 2.13. The van der Waals surface area contributed by atoms with Crippen molar-refractivity contribution in [3.05, 3.63) is 96.3 Å². The second-order valence-corrected chi connectivity index (χ2v) is 8.19. The molecule has 2 aromatic heterocycles. The third kappa shape index (κ3) is 4.56. The number of methoxy groups -OCH3 is 1. The third-order valence-electron chi connectivity index (χ3n) is 5.01. The smallest absolute Gasteiger partial charge is 0.255 e. The van der Waals surface area contributed by atoms with Crippen molar-refractivity contribution in [2.75, 3.05) is 12.4 Å². The van der Waals surface area contributed by atoms with Crippen LogP contribution in [0, 0.1) is 0 Å². The van der Waals surface area contributed by atoms with Gasteiger partial charge in [0.15, 0.2) is 11.5 Å². The van der Waals surface area contributed by atoms with E-state index in [-0.39, 0.29) is 5.91 Å². The van der Waals surface area contributed by atoms with Gasteiger partial charge in [-0.1, -0.05) is 53.8 Å². The average molecular weight is 457 g/mol. The number of amides is 1. The van der Waals surface area contributed by atoms with Gasteiger partial charge in [-0.3, -0.25) is 4.79 Å². The van der Waals surface area contributed by atoms with Crippen LogP contribution < -0.4 is 14.8 Å². The van der Waals surface area contributed by atoms with Crippen LogP contribution in [0.15, 0.2) is 85.2 Å². The van der Waals surface area contributed by atoms with Gasteiger partial charge in [-0.25, -0.2) is 9.50 Å². The van der Waals surface area contributed by atoms with Gasteiger partial charge in [-0.05, 0) is 35.9 Å². The molecule has 164 valence electrons. The molecule has 0 aliphatic heterocycles. The molecule has 5 aromatic rings. The fourth-order valence-corrected chi connectivity index (χ4v) is 4.21. The van der Waals surface area contributed by atoms with E-state index in [2.05, 4.69) is 15.4 Å². The topological polar surface area (TPSA) is 77.8 Å². The summed E-state index contributed by atoms with van der Waals surface area (Å²) in [5.74, 6) is 0.834. The molecule has 1 amide bonds. The van der Waals surface area contributed by atoms with E-state index in [1.165, 1.54) is 11.3 Å². The number of carbonyl (C=O) groups is 1. The highest BCUT2D eigenvalue weighted by Crippen LogP contribution is 2.30. The van der Waals surface area contributed by atoms with E-state index in [9.17, 15) is 4.79 Å². The van der Waals surface area contributed by atoms with Crippen molar-refractivity contribution in [1.29, 1.82) is 0 Å². The van der Waals surface area contributed by atoms with E-state index < -0.39 is 0 Å². The molecule has 0 fully saturated rings. The first-order chi connectivity index (χ1) is 16.2. The monoisotopic (exact) mass is 456 g/mol. The number of imidazole rings is 1. The molecule has 0 saturated heterocycles. The van der Waals surface area contributed by atoms with E-state index in [1.54, 1.807) is 36.0 Å². The SMILES string of the molecule is COc1cc(C(=O)Nc2cccc(-c3nn4ccnc4s3)c2)ccc1OCc1ccccc1. The summed E-state index contributed by atoms with van der Waals surface area (Å²) in [5, 5.41) is 8.30. The molecule has 0 aliphatic carbocycles. The molecule has 0 unspecified atom stereocenters. The Labute approximate surface area is 194 Å². The Hall–Kier alpha value is -4.17. The fraction of sp³-hybridized carbons (Fsp3) is 0.0800. The van der Waals surface area contributed by atoms with Gasteiger partial charge in [0.2, 0.25) is 4.96 Å². The van der Waals surface area contributed by atoms with Gasteiger partial charge < -0.3 is 14.8 Å². The van der Waals surface area contributed by atoms with Crippen molar-refractivity contribution in [2.24, 2.45) is 0 Å². The molecular weight excluding hydrogens is 436 g/mol. The predicted octanol–water partition coefficient (Wildman–Crippen LogP) is 5.30. The summed E-state index contributed by atoms with van der Waals surface area (Å²) in [4.78, 5) is 18.0. The number of nitrogens with one attached hydrogen (secondary N) is 1. The maximum Gasteiger partial charge on any atom is 0.255 e. The molecule has 5 rings (SSSR count). The van der Waals surface area contributed by atoms with Crippen LogP contribution in [0.25, 0.3) is 15.5 Å². The number of anilines is 1. The van der Waals surface area contributed by atoms with Crippen LogP contribution in [-0.4, -0.2) is 27.6 Å². The quantitative estimate of drug-likeness (QED) is 0.360. The highest BCUT2D eigenvalue weighted by molar-refractivity contribution is 7.19. The maximum absolute atomic E-state index is 12.9. The van der Waals surface area contributed by atoms with Crippen LogP contribution >= 0.6 is 11.3 Å². The van der Waals surface area contributed by atoms with Crippen LogP contribution in [0.3, 0.4) is 0 Å². The van der Waals surface area contributed by atoms with Crippen molar-refractivity contribution < 1.29 is 14.3 Å². The van der Waals surface area contributed by atoms with Crippen LogP contribution in [0.5, 0.6) is 11.5 Å². The normalized spacial score (nSPS) is 10.8. The average Bonchev–Trinajstić information content (AvgIpc) is 3.46. The van der Waals surface area contributed by atoms with Crippen LogP contribution in [0.4, 0.5) is 5.69 Å². The van der Waals surface area contributed by atoms with E-state index in [0.29, 0.717) is 29.4 Å². The summed E-state index contributed by atoms with van der Waals surface area (Å²) < 4.78 is 13.1. The molecule has 33 heavy (non-hydrogen) atoms. The zero-order chi connectivity index (χ0) is 22.6. The Morgan fingerprint density at radius 3 is 2.73 bits per heavy atom. The summed E-state index contributed by atoms with van der Waals surface area (Å²) in [6.07, 6.45) is 3.52. The molecule has 0 radical (unpaired) electrons. The van der Waals surface area contributed by atoms with Gasteiger partial charge in [0.05, 0.1) is 13.3 Å². The van der Waals surface area contributed by atoms with Gasteiger partial charge in [-0.15, -0.1) is 0 Å². The number of benzene rings is 3. The summed E-state index contributed by atoms with van der Waals surface area (Å²) in [7, 11) is 1.56. The van der Waals surface area contributed by atoms with E-state index in [0.717, 1.165) is 21.1 Å². The number of aromatic nitrogens is 3. The standard InChI is InChI=1S/C25H20N4O3S/c1-31-22-15-18(10-11-21(22)32-16-17-6-3-2-4-7-17)23(30)27-20-9-5-8-19(14-20)24-28-29-13-12-26-25(29)33-24/h2-15H,16H2,1H3,(H,27,30). The minimum atomic E-state index is -0.242. The van der Waals surface area contributed by atoms with Crippen molar-refractivity contribution in [3.8, 4) is 22.1 Å². The Morgan fingerprint density at radius 1 is 1.03 bits per heavy atom. The number of ether oxygens (including phenoxy) is 2. The summed E-state index contributed by atoms with van der Waals surface area (Å²) in [6.45, 7) is 0.414. The van der Waals surface area contributed by atoms with E-state index in [4.69, 9.17) is 9.47 Å².